The molecule has 0 radical (unpaired) electrons. The van der Waals surface area contributed by atoms with Crippen LogP contribution in [0.25, 0.3) is 22.0 Å². The first-order valence-electron chi connectivity index (χ1n) is 12.2. The van der Waals surface area contributed by atoms with Gasteiger partial charge in [-0.2, -0.15) is 5.26 Å². The lowest BCUT2D eigenvalue weighted by molar-refractivity contribution is -0.00521. The van der Waals surface area contributed by atoms with Crippen molar-refractivity contribution in [3.05, 3.63) is 84.1 Å². The van der Waals surface area contributed by atoms with Crippen molar-refractivity contribution < 1.29 is 14.3 Å². The molecule has 0 spiro atoms. The van der Waals surface area contributed by atoms with Gasteiger partial charge < -0.3 is 19.7 Å². The zero-order chi connectivity index (χ0) is 25.9. The van der Waals surface area contributed by atoms with E-state index < -0.39 is 0 Å². The Morgan fingerprint density at radius 2 is 1.76 bits per heavy atom. The minimum Gasteiger partial charge on any atom is -0.495 e. The first-order chi connectivity index (χ1) is 18.0. The van der Waals surface area contributed by atoms with E-state index in [0.717, 1.165) is 40.8 Å². The number of nitriles is 1. The van der Waals surface area contributed by atoms with Gasteiger partial charge in [-0.05, 0) is 61.9 Å². The first kappa shape index (κ1) is 24.3. The van der Waals surface area contributed by atoms with Crippen LogP contribution in [0.15, 0.2) is 72.9 Å². The summed E-state index contributed by atoms with van der Waals surface area (Å²) in [6.07, 6.45) is 1.90. The number of carbonyl (C=O) groups is 1. The molecule has 0 bridgehead atoms. The second kappa shape index (κ2) is 10.3. The van der Waals surface area contributed by atoms with Gasteiger partial charge in [0.1, 0.15) is 11.3 Å². The van der Waals surface area contributed by atoms with Gasteiger partial charge in [-0.3, -0.25) is 9.78 Å². The van der Waals surface area contributed by atoms with Crippen molar-refractivity contribution in [2.45, 2.75) is 26.1 Å². The summed E-state index contributed by atoms with van der Waals surface area (Å²) in [6.45, 7) is 5.83. The Bertz CT molecular complexity index is 1470. The van der Waals surface area contributed by atoms with Gasteiger partial charge in [-0.1, -0.05) is 24.3 Å². The topological polar surface area (TPSA) is 87.5 Å². The third-order valence-corrected chi connectivity index (χ3v) is 6.53. The van der Waals surface area contributed by atoms with Gasteiger partial charge >= 0.3 is 0 Å². The lowest BCUT2D eigenvalue weighted by Crippen LogP contribution is -2.45. The molecule has 1 aliphatic heterocycles. The van der Waals surface area contributed by atoms with Crippen molar-refractivity contribution in [2.24, 2.45) is 0 Å². The van der Waals surface area contributed by atoms with E-state index in [4.69, 9.17) is 14.7 Å². The molecule has 186 valence electrons. The van der Waals surface area contributed by atoms with Gasteiger partial charge in [0.2, 0.25) is 0 Å². The molecule has 37 heavy (non-hydrogen) atoms. The summed E-state index contributed by atoms with van der Waals surface area (Å²) in [5.41, 5.74) is 5.29. The number of pyridine rings is 1. The number of amides is 1. The fraction of sp³-hybridized carbons (Fsp3) is 0.233. The monoisotopic (exact) mass is 492 g/mol. The number of anilines is 2. The number of aromatic nitrogens is 1. The summed E-state index contributed by atoms with van der Waals surface area (Å²) in [7, 11) is 1.55. The molecule has 1 aliphatic rings. The maximum absolute atomic E-state index is 13.2. The average Bonchev–Trinajstić information content (AvgIpc) is 2.92. The number of carbonyl (C=O) groups excluding carboxylic acids is 1. The van der Waals surface area contributed by atoms with Gasteiger partial charge in [-0.15, -0.1) is 0 Å². The number of benzene rings is 3. The van der Waals surface area contributed by atoms with Crippen LogP contribution in [0.3, 0.4) is 0 Å². The minimum absolute atomic E-state index is 0.174. The standard InChI is InChI=1S/C30H28N4O3/c1-19-17-34(18-20(2)37-19)24-13-11-23(12-14-24)33-30(35)27-16-32-28-25(5-4-6-26(28)29(27)36-3)22-9-7-21(15-31)8-10-22/h4-14,16,19-20H,17-18H2,1-3H3,(H,33,35)/t19-,20+. The smallest absolute Gasteiger partial charge is 0.261 e. The molecule has 1 aromatic heterocycles. The Balaban J connectivity index is 1.40. The normalized spacial score (nSPS) is 17.3. The quantitative estimate of drug-likeness (QED) is 0.388. The van der Waals surface area contributed by atoms with Crippen LogP contribution in [-0.4, -0.2) is 43.3 Å². The van der Waals surface area contributed by atoms with Crippen LogP contribution in [0.4, 0.5) is 11.4 Å². The number of fused-ring (bicyclic) bond motifs is 1. The Morgan fingerprint density at radius 1 is 1.05 bits per heavy atom. The predicted molar refractivity (Wildman–Crippen MR) is 145 cm³/mol. The molecule has 1 saturated heterocycles. The SMILES string of the molecule is COc1c(C(=O)Nc2ccc(N3C[C@@H](C)O[C@@H](C)C3)cc2)cnc2c(-c3ccc(C#N)cc3)cccc12. The molecule has 7 heteroatoms. The molecule has 1 N–H and O–H groups in total. The van der Waals surface area contributed by atoms with E-state index in [9.17, 15) is 4.79 Å². The molecule has 0 unspecified atom stereocenters. The molecule has 2 atom stereocenters. The number of nitrogens with one attached hydrogen (secondary N) is 1. The molecule has 4 aromatic rings. The van der Waals surface area contributed by atoms with Crippen LogP contribution < -0.4 is 15.0 Å². The fourth-order valence-electron chi connectivity index (χ4n) is 4.88. The second-order valence-electron chi connectivity index (χ2n) is 9.26. The van der Waals surface area contributed by atoms with Gasteiger partial charge in [0.25, 0.3) is 5.91 Å². The van der Waals surface area contributed by atoms with E-state index >= 15 is 0 Å². The lowest BCUT2D eigenvalue weighted by atomic mass is 9.99. The van der Waals surface area contributed by atoms with Crippen LogP contribution in [0, 0.1) is 11.3 Å². The summed E-state index contributed by atoms with van der Waals surface area (Å²) >= 11 is 0. The van der Waals surface area contributed by atoms with E-state index in [1.807, 2.05) is 54.6 Å². The molecule has 3 aromatic carbocycles. The van der Waals surface area contributed by atoms with E-state index in [0.29, 0.717) is 22.6 Å². The van der Waals surface area contributed by atoms with Gasteiger partial charge in [0.15, 0.2) is 0 Å². The Hall–Kier alpha value is -4.41. The Morgan fingerprint density at radius 3 is 2.41 bits per heavy atom. The highest BCUT2D eigenvalue weighted by Gasteiger charge is 2.23. The van der Waals surface area contributed by atoms with Crippen molar-refractivity contribution in [1.82, 2.24) is 4.98 Å². The average molecular weight is 493 g/mol. The number of morpholine rings is 1. The molecule has 0 aliphatic carbocycles. The summed E-state index contributed by atoms with van der Waals surface area (Å²) in [5, 5.41) is 12.8. The Labute approximate surface area is 216 Å². The highest BCUT2D eigenvalue weighted by atomic mass is 16.5. The number of rotatable bonds is 5. The molecule has 7 nitrogen and oxygen atoms in total. The first-order valence-corrected chi connectivity index (χ1v) is 12.2. The third-order valence-electron chi connectivity index (χ3n) is 6.53. The number of hydrogen-bond donors (Lipinski definition) is 1. The second-order valence-corrected chi connectivity index (χ2v) is 9.26. The third kappa shape index (κ3) is 4.97. The highest BCUT2D eigenvalue weighted by Crippen LogP contribution is 2.35. The van der Waals surface area contributed by atoms with Crippen LogP contribution in [0.5, 0.6) is 5.75 Å². The van der Waals surface area contributed by atoms with E-state index in [-0.39, 0.29) is 18.1 Å². The minimum atomic E-state index is -0.295. The summed E-state index contributed by atoms with van der Waals surface area (Å²) in [4.78, 5) is 20.2. The molecule has 2 heterocycles. The largest absolute Gasteiger partial charge is 0.495 e. The summed E-state index contributed by atoms with van der Waals surface area (Å²) < 4.78 is 11.5. The van der Waals surface area contributed by atoms with Crippen molar-refractivity contribution in [3.63, 3.8) is 0 Å². The van der Waals surface area contributed by atoms with Crippen LogP contribution in [0.1, 0.15) is 29.8 Å². The number of hydrogen-bond acceptors (Lipinski definition) is 6. The zero-order valence-corrected chi connectivity index (χ0v) is 21.1. The van der Waals surface area contributed by atoms with Crippen molar-refractivity contribution in [3.8, 4) is 22.9 Å². The fourth-order valence-corrected chi connectivity index (χ4v) is 4.88. The van der Waals surface area contributed by atoms with Gasteiger partial charge in [-0.25, -0.2) is 0 Å². The van der Waals surface area contributed by atoms with Gasteiger partial charge in [0.05, 0.1) is 36.5 Å². The maximum atomic E-state index is 13.2. The number of methoxy groups -OCH3 is 1. The predicted octanol–water partition coefficient (Wildman–Crippen LogP) is 5.65. The van der Waals surface area contributed by atoms with Crippen LogP contribution in [-0.2, 0) is 4.74 Å². The van der Waals surface area contributed by atoms with Crippen molar-refractivity contribution in [1.29, 1.82) is 5.26 Å². The van der Waals surface area contributed by atoms with Crippen LogP contribution in [0.2, 0.25) is 0 Å². The molecule has 0 saturated carbocycles. The van der Waals surface area contributed by atoms with Crippen LogP contribution >= 0.6 is 0 Å². The molecule has 5 rings (SSSR count). The molecular formula is C30H28N4O3. The van der Waals surface area contributed by atoms with Crippen molar-refractivity contribution >= 4 is 28.2 Å². The van der Waals surface area contributed by atoms with Crippen molar-refractivity contribution in [2.75, 3.05) is 30.4 Å². The highest BCUT2D eigenvalue weighted by molar-refractivity contribution is 6.10. The molecule has 1 amide bonds. The lowest BCUT2D eigenvalue weighted by Gasteiger charge is -2.36. The number of para-hydroxylation sites is 1. The molecule has 1 fully saturated rings. The van der Waals surface area contributed by atoms with E-state index in [1.54, 1.807) is 25.4 Å². The molecular weight excluding hydrogens is 464 g/mol. The zero-order valence-electron chi connectivity index (χ0n) is 21.1. The summed E-state index contributed by atoms with van der Waals surface area (Å²) in [5.74, 6) is 0.169. The maximum Gasteiger partial charge on any atom is 0.261 e. The van der Waals surface area contributed by atoms with E-state index in [1.165, 1.54) is 0 Å². The van der Waals surface area contributed by atoms with E-state index in [2.05, 4.69) is 35.1 Å². The van der Waals surface area contributed by atoms with Gasteiger partial charge in [0, 0.05) is 41.6 Å². The summed E-state index contributed by atoms with van der Waals surface area (Å²) in [6, 6.07) is 23.1. The number of ether oxygens (including phenoxy) is 2. The number of nitrogens with zero attached hydrogens (tertiary/aromatic N) is 3. The Kier molecular flexibility index (Phi) is 6.76.